The molecule has 1 aliphatic heterocycles. The highest BCUT2D eigenvalue weighted by Crippen LogP contribution is 2.28. The fourth-order valence-electron chi connectivity index (χ4n) is 2.13. The monoisotopic (exact) mass is 241 g/mol. The molecule has 4 atom stereocenters. The molecule has 0 aromatic heterocycles. The molecule has 0 saturated carbocycles. The quantitative estimate of drug-likeness (QED) is 0.320. The third kappa shape index (κ3) is 3.91. The molecule has 0 aliphatic carbocycles. The number of azide groups is 1. The summed E-state index contributed by atoms with van der Waals surface area (Å²) in [7, 11) is 1.38. The molecule has 96 valence electrons. The normalized spacial score (nSPS) is 27.0. The first-order valence-electron chi connectivity index (χ1n) is 5.86. The van der Waals surface area contributed by atoms with Gasteiger partial charge in [-0.3, -0.25) is 4.79 Å². The van der Waals surface area contributed by atoms with Crippen LogP contribution in [0, 0.1) is 5.92 Å². The average Bonchev–Trinajstić information content (AvgIpc) is 2.75. The lowest BCUT2D eigenvalue weighted by Crippen LogP contribution is -2.27. The minimum absolute atomic E-state index is 0.0721. The molecule has 6 heteroatoms. The SMILES string of the molecule is COC(=O)[C@@H](C)[C@@H]1CC[C@H](C[C@H](C)N=[N+]=[N-])O1. The molecule has 1 rings (SSSR count). The smallest absolute Gasteiger partial charge is 0.311 e. The van der Waals surface area contributed by atoms with E-state index in [0.717, 1.165) is 12.8 Å². The fraction of sp³-hybridized carbons (Fsp3) is 0.909. The molecule has 6 nitrogen and oxygen atoms in total. The zero-order valence-corrected chi connectivity index (χ0v) is 10.5. The van der Waals surface area contributed by atoms with Crippen molar-refractivity contribution in [2.24, 2.45) is 11.0 Å². The largest absolute Gasteiger partial charge is 0.469 e. The molecule has 1 fully saturated rings. The van der Waals surface area contributed by atoms with Crippen LogP contribution in [0.1, 0.15) is 33.1 Å². The van der Waals surface area contributed by atoms with Gasteiger partial charge in [0.15, 0.2) is 0 Å². The van der Waals surface area contributed by atoms with Crippen LogP contribution in [0.3, 0.4) is 0 Å². The van der Waals surface area contributed by atoms with Gasteiger partial charge in [0.2, 0.25) is 0 Å². The van der Waals surface area contributed by atoms with Gasteiger partial charge in [0.1, 0.15) is 0 Å². The summed E-state index contributed by atoms with van der Waals surface area (Å²) in [6, 6.07) is -0.0721. The van der Waals surface area contributed by atoms with Crippen molar-refractivity contribution in [3.63, 3.8) is 0 Å². The Bertz CT molecular complexity index is 315. The van der Waals surface area contributed by atoms with Crippen LogP contribution in [0.15, 0.2) is 5.11 Å². The molecule has 0 spiro atoms. The first kappa shape index (κ1) is 13.8. The Kier molecular flexibility index (Phi) is 5.25. The molecule has 1 saturated heterocycles. The molecule has 0 amide bonds. The van der Waals surface area contributed by atoms with Gasteiger partial charge in [-0.05, 0) is 31.7 Å². The van der Waals surface area contributed by atoms with E-state index in [1.165, 1.54) is 7.11 Å². The van der Waals surface area contributed by atoms with Crippen molar-refractivity contribution in [1.29, 1.82) is 0 Å². The Morgan fingerprint density at radius 3 is 2.88 bits per heavy atom. The van der Waals surface area contributed by atoms with Gasteiger partial charge < -0.3 is 9.47 Å². The topological polar surface area (TPSA) is 84.3 Å². The predicted octanol–water partition coefficient (Wildman–Crippen LogP) is 2.43. The maximum absolute atomic E-state index is 11.4. The number of nitrogens with zero attached hydrogens (tertiary/aromatic N) is 3. The van der Waals surface area contributed by atoms with Crippen molar-refractivity contribution in [3.05, 3.63) is 10.4 Å². The van der Waals surface area contributed by atoms with Crippen molar-refractivity contribution in [2.45, 2.75) is 51.4 Å². The zero-order chi connectivity index (χ0) is 12.8. The predicted molar refractivity (Wildman–Crippen MR) is 62.3 cm³/mol. The third-order valence-electron chi connectivity index (χ3n) is 3.12. The number of hydrogen-bond donors (Lipinski definition) is 0. The number of carbonyl (C=O) groups excluding carboxylic acids is 1. The van der Waals surface area contributed by atoms with Crippen molar-refractivity contribution >= 4 is 5.97 Å². The minimum Gasteiger partial charge on any atom is -0.469 e. The highest BCUT2D eigenvalue weighted by Gasteiger charge is 2.33. The second-order valence-corrected chi connectivity index (χ2v) is 4.48. The minimum atomic E-state index is -0.237. The standard InChI is InChI=1S/C11H19N3O3/c1-7(13-14-12)6-9-4-5-10(17-9)8(2)11(15)16-3/h7-10H,4-6H2,1-3H3/t7-,8-,9+,10-/m0/s1. The molecule has 0 aromatic carbocycles. The molecule has 0 unspecified atom stereocenters. The molecular weight excluding hydrogens is 222 g/mol. The van der Waals surface area contributed by atoms with Gasteiger partial charge in [0.05, 0.1) is 25.2 Å². The molecule has 0 radical (unpaired) electrons. The van der Waals surface area contributed by atoms with Crippen LogP contribution in [0.5, 0.6) is 0 Å². The first-order valence-corrected chi connectivity index (χ1v) is 5.86. The van der Waals surface area contributed by atoms with Gasteiger partial charge in [-0.1, -0.05) is 12.0 Å². The van der Waals surface area contributed by atoms with E-state index in [0.29, 0.717) is 6.42 Å². The number of esters is 1. The van der Waals surface area contributed by atoms with E-state index in [4.69, 9.17) is 15.0 Å². The molecule has 0 aromatic rings. The summed E-state index contributed by atoms with van der Waals surface area (Å²) >= 11 is 0. The lowest BCUT2D eigenvalue weighted by Gasteiger charge is -2.19. The van der Waals surface area contributed by atoms with Crippen LogP contribution < -0.4 is 0 Å². The maximum atomic E-state index is 11.4. The number of methoxy groups -OCH3 is 1. The third-order valence-corrected chi connectivity index (χ3v) is 3.12. The van der Waals surface area contributed by atoms with Gasteiger partial charge in [0.25, 0.3) is 0 Å². The van der Waals surface area contributed by atoms with Gasteiger partial charge in [-0.2, -0.15) is 0 Å². The van der Waals surface area contributed by atoms with Crippen LogP contribution in [0.4, 0.5) is 0 Å². The Hall–Kier alpha value is -1.26. The van der Waals surface area contributed by atoms with Gasteiger partial charge >= 0.3 is 5.97 Å². The zero-order valence-electron chi connectivity index (χ0n) is 10.5. The molecule has 0 bridgehead atoms. The number of rotatable bonds is 5. The highest BCUT2D eigenvalue weighted by atomic mass is 16.5. The second-order valence-electron chi connectivity index (χ2n) is 4.48. The Balaban J connectivity index is 2.41. The lowest BCUT2D eigenvalue weighted by molar-refractivity contribution is -0.149. The summed E-state index contributed by atoms with van der Waals surface area (Å²) in [6.45, 7) is 3.68. The first-order chi connectivity index (χ1) is 8.08. The average molecular weight is 241 g/mol. The molecular formula is C11H19N3O3. The number of carbonyl (C=O) groups is 1. The number of ether oxygens (including phenoxy) is 2. The van der Waals surface area contributed by atoms with Crippen LogP contribution >= 0.6 is 0 Å². The van der Waals surface area contributed by atoms with Crippen molar-refractivity contribution in [2.75, 3.05) is 7.11 Å². The van der Waals surface area contributed by atoms with E-state index < -0.39 is 0 Å². The van der Waals surface area contributed by atoms with Gasteiger partial charge in [-0.15, -0.1) is 0 Å². The van der Waals surface area contributed by atoms with E-state index in [2.05, 4.69) is 10.0 Å². The molecule has 1 aliphatic rings. The van der Waals surface area contributed by atoms with E-state index in [-0.39, 0.29) is 30.1 Å². The van der Waals surface area contributed by atoms with Crippen LogP contribution in [-0.4, -0.2) is 31.3 Å². The van der Waals surface area contributed by atoms with E-state index in [1.807, 2.05) is 13.8 Å². The van der Waals surface area contributed by atoms with E-state index in [1.54, 1.807) is 0 Å². The summed E-state index contributed by atoms with van der Waals surface area (Å²) in [5.74, 6) is -0.474. The summed E-state index contributed by atoms with van der Waals surface area (Å²) in [5, 5.41) is 3.62. The fourth-order valence-corrected chi connectivity index (χ4v) is 2.13. The lowest BCUT2D eigenvalue weighted by atomic mass is 10.0. The summed E-state index contributed by atoms with van der Waals surface area (Å²) in [4.78, 5) is 14.1. The maximum Gasteiger partial charge on any atom is 0.311 e. The molecule has 0 N–H and O–H groups in total. The Morgan fingerprint density at radius 1 is 1.59 bits per heavy atom. The van der Waals surface area contributed by atoms with Crippen LogP contribution in [0.2, 0.25) is 0 Å². The van der Waals surface area contributed by atoms with Crippen molar-refractivity contribution in [1.82, 2.24) is 0 Å². The van der Waals surface area contributed by atoms with Gasteiger partial charge in [-0.25, -0.2) is 0 Å². The second kappa shape index (κ2) is 6.47. The van der Waals surface area contributed by atoms with Crippen molar-refractivity contribution < 1.29 is 14.3 Å². The van der Waals surface area contributed by atoms with E-state index >= 15 is 0 Å². The van der Waals surface area contributed by atoms with Crippen LogP contribution in [-0.2, 0) is 14.3 Å². The summed E-state index contributed by atoms with van der Waals surface area (Å²) in [5.41, 5.74) is 8.31. The Morgan fingerprint density at radius 2 is 2.29 bits per heavy atom. The summed E-state index contributed by atoms with van der Waals surface area (Å²) in [6.07, 6.45) is 2.45. The Labute approximate surface area is 101 Å². The molecule has 1 heterocycles. The van der Waals surface area contributed by atoms with Gasteiger partial charge in [0, 0.05) is 11.0 Å². The summed E-state index contributed by atoms with van der Waals surface area (Å²) < 4.78 is 10.5. The van der Waals surface area contributed by atoms with Crippen molar-refractivity contribution in [3.8, 4) is 0 Å². The highest BCUT2D eigenvalue weighted by molar-refractivity contribution is 5.72. The van der Waals surface area contributed by atoms with E-state index in [9.17, 15) is 4.79 Å². The number of hydrogen-bond acceptors (Lipinski definition) is 4. The molecule has 17 heavy (non-hydrogen) atoms. The van der Waals surface area contributed by atoms with Crippen LogP contribution in [0.25, 0.3) is 10.4 Å².